The zero-order valence-electron chi connectivity index (χ0n) is 14.3. The summed E-state index contributed by atoms with van der Waals surface area (Å²) in [6.07, 6.45) is 11.9. The Morgan fingerprint density at radius 2 is 1.48 bits per heavy atom. The second-order valence-electron chi connectivity index (χ2n) is 6.05. The maximum absolute atomic E-state index is 12.0. The van der Waals surface area contributed by atoms with E-state index in [0.29, 0.717) is 25.0 Å². The van der Waals surface area contributed by atoms with E-state index in [1.807, 2.05) is 0 Å². The number of Topliss-reactive ketones (excluding diaryl/α,β-unsaturated/α-hetero) is 1. The van der Waals surface area contributed by atoms with Gasteiger partial charge in [-0.3, -0.25) is 9.59 Å². The van der Waals surface area contributed by atoms with Gasteiger partial charge in [0.25, 0.3) is 0 Å². The fourth-order valence-electron chi connectivity index (χ4n) is 2.63. The third kappa shape index (κ3) is 12.6. The minimum absolute atomic E-state index is 0.174. The zero-order chi connectivity index (χ0) is 15.9. The third-order valence-corrected chi connectivity index (χ3v) is 3.97. The van der Waals surface area contributed by atoms with Crippen molar-refractivity contribution in [3.8, 4) is 0 Å². The number of carbonyl (C=O) groups excluding carboxylic acids is 2. The second kappa shape index (κ2) is 14.1. The Hall–Kier alpha value is -0.860. The van der Waals surface area contributed by atoms with Crippen LogP contribution in [0, 0.1) is 5.92 Å². The Balaban J connectivity index is 4.05. The molecular weight excluding hydrogens is 264 g/mol. The van der Waals surface area contributed by atoms with Crippen LogP contribution in [-0.2, 0) is 14.3 Å². The monoisotopic (exact) mass is 298 g/mol. The molecule has 0 aromatic carbocycles. The number of ether oxygens (including phenoxy) is 1. The van der Waals surface area contributed by atoms with Gasteiger partial charge < -0.3 is 4.74 Å². The van der Waals surface area contributed by atoms with Crippen LogP contribution in [0.15, 0.2) is 0 Å². The number of hydrogen-bond acceptors (Lipinski definition) is 3. The summed E-state index contributed by atoms with van der Waals surface area (Å²) in [7, 11) is 1.42. The van der Waals surface area contributed by atoms with Gasteiger partial charge in [-0.05, 0) is 18.8 Å². The fraction of sp³-hybridized carbons (Fsp3) is 0.889. The molecular formula is C18H34O3. The second-order valence-corrected chi connectivity index (χ2v) is 6.05. The molecule has 3 nitrogen and oxygen atoms in total. The number of methoxy groups -OCH3 is 1. The maximum atomic E-state index is 12.0. The topological polar surface area (TPSA) is 43.4 Å². The highest BCUT2D eigenvalue weighted by atomic mass is 16.5. The molecule has 0 heterocycles. The maximum Gasteiger partial charge on any atom is 0.305 e. The molecule has 0 aliphatic rings. The van der Waals surface area contributed by atoms with Gasteiger partial charge in [0.15, 0.2) is 0 Å². The number of unbranched alkanes of at least 4 members (excludes halogenated alkanes) is 6. The van der Waals surface area contributed by atoms with Gasteiger partial charge in [-0.1, -0.05) is 58.8 Å². The van der Waals surface area contributed by atoms with Crippen LogP contribution in [0.25, 0.3) is 0 Å². The smallest absolute Gasteiger partial charge is 0.305 e. The van der Waals surface area contributed by atoms with E-state index in [9.17, 15) is 9.59 Å². The molecule has 1 atom stereocenters. The Morgan fingerprint density at radius 1 is 0.857 bits per heavy atom. The van der Waals surface area contributed by atoms with Crippen LogP contribution in [0.2, 0.25) is 0 Å². The molecule has 0 aromatic heterocycles. The van der Waals surface area contributed by atoms with Gasteiger partial charge in [0.05, 0.1) is 7.11 Å². The van der Waals surface area contributed by atoms with Crippen molar-refractivity contribution in [1.29, 1.82) is 0 Å². The quantitative estimate of drug-likeness (QED) is 0.332. The lowest BCUT2D eigenvalue weighted by atomic mass is 9.91. The highest BCUT2D eigenvalue weighted by molar-refractivity contribution is 5.79. The van der Waals surface area contributed by atoms with Crippen molar-refractivity contribution in [2.24, 2.45) is 5.92 Å². The number of ketones is 1. The highest BCUT2D eigenvalue weighted by Crippen LogP contribution is 2.20. The Bertz CT molecular complexity index is 274. The van der Waals surface area contributed by atoms with Crippen LogP contribution >= 0.6 is 0 Å². The molecule has 0 aliphatic heterocycles. The number of carbonyl (C=O) groups is 2. The molecule has 0 fully saturated rings. The SMILES string of the molecule is CCCCCCC(=O)C[C@@H](CCCCCC)CC(=O)OC. The average Bonchev–Trinajstić information content (AvgIpc) is 2.47. The Morgan fingerprint density at radius 3 is 2.05 bits per heavy atom. The Kier molecular flexibility index (Phi) is 13.5. The van der Waals surface area contributed by atoms with Crippen molar-refractivity contribution in [2.75, 3.05) is 7.11 Å². The molecule has 0 amide bonds. The summed E-state index contributed by atoms with van der Waals surface area (Å²) in [6.45, 7) is 4.36. The minimum atomic E-state index is -0.186. The molecule has 21 heavy (non-hydrogen) atoms. The summed E-state index contributed by atoms with van der Waals surface area (Å²) in [5.41, 5.74) is 0. The molecule has 0 saturated carbocycles. The van der Waals surface area contributed by atoms with Crippen LogP contribution in [0.3, 0.4) is 0 Å². The summed E-state index contributed by atoms with van der Waals surface area (Å²) >= 11 is 0. The third-order valence-electron chi connectivity index (χ3n) is 3.97. The van der Waals surface area contributed by atoms with E-state index < -0.39 is 0 Å². The van der Waals surface area contributed by atoms with E-state index in [2.05, 4.69) is 13.8 Å². The average molecular weight is 298 g/mol. The molecule has 3 heteroatoms. The lowest BCUT2D eigenvalue weighted by Gasteiger charge is -2.15. The van der Waals surface area contributed by atoms with Gasteiger partial charge >= 0.3 is 5.97 Å². The largest absolute Gasteiger partial charge is 0.469 e. The van der Waals surface area contributed by atoms with Crippen molar-refractivity contribution in [1.82, 2.24) is 0 Å². The molecule has 0 N–H and O–H groups in total. The molecule has 0 rings (SSSR count). The lowest BCUT2D eigenvalue weighted by molar-refractivity contribution is -0.141. The summed E-state index contributed by atoms with van der Waals surface area (Å²) in [5, 5.41) is 0. The predicted octanol–water partition coefficient (Wildman–Crippen LogP) is 5.07. The van der Waals surface area contributed by atoms with E-state index in [4.69, 9.17) is 4.74 Å². The lowest BCUT2D eigenvalue weighted by Crippen LogP contribution is -2.14. The normalized spacial score (nSPS) is 12.1. The van der Waals surface area contributed by atoms with Crippen molar-refractivity contribution in [3.05, 3.63) is 0 Å². The van der Waals surface area contributed by atoms with Crippen LogP contribution in [-0.4, -0.2) is 18.9 Å². The molecule has 0 radical (unpaired) electrons. The van der Waals surface area contributed by atoms with E-state index in [-0.39, 0.29) is 11.9 Å². The van der Waals surface area contributed by atoms with Crippen molar-refractivity contribution in [2.45, 2.75) is 90.9 Å². The molecule has 0 saturated heterocycles. The number of hydrogen-bond donors (Lipinski definition) is 0. The van der Waals surface area contributed by atoms with Crippen LogP contribution in [0.1, 0.15) is 90.9 Å². The van der Waals surface area contributed by atoms with E-state index in [1.165, 1.54) is 39.2 Å². The van der Waals surface area contributed by atoms with Crippen LogP contribution in [0.4, 0.5) is 0 Å². The first-order chi connectivity index (χ1) is 10.1. The fourth-order valence-corrected chi connectivity index (χ4v) is 2.63. The van der Waals surface area contributed by atoms with Crippen LogP contribution < -0.4 is 0 Å². The molecule has 0 unspecified atom stereocenters. The summed E-state index contributed by atoms with van der Waals surface area (Å²) < 4.78 is 4.75. The van der Waals surface area contributed by atoms with Gasteiger partial charge in [0, 0.05) is 19.3 Å². The predicted molar refractivity (Wildman–Crippen MR) is 87.3 cm³/mol. The minimum Gasteiger partial charge on any atom is -0.469 e. The molecule has 124 valence electrons. The number of esters is 1. The first-order valence-electron chi connectivity index (χ1n) is 8.72. The van der Waals surface area contributed by atoms with E-state index in [0.717, 1.165) is 25.7 Å². The Labute approximate surface area is 130 Å². The van der Waals surface area contributed by atoms with Gasteiger partial charge in [-0.2, -0.15) is 0 Å². The van der Waals surface area contributed by atoms with Gasteiger partial charge in [-0.15, -0.1) is 0 Å². The number of rotatable bonds is 14. The first-order valence-corrected chi connectivity index (χ1v) is 8.72. The van der Waals surface area contributed by atoms with Gasteiger partial charge in [0.2, 0.25) is 0 Å². The van der Waals surface area contributed by atoms with Crippen molar-refractivity contribution >= 4 is 11.8 Å². The molecule has 0 aliphatic carbocycles. The van der Waals surface area contributed by atoms with Gasteiger partial charge in [0.1, 0.15) is 5.78 Å². The molecule has 0 aromatic rings. The van der Waals surface area contributed by atoms with Crippen molar-refractivity contribution in [3.63, 3.8) is 0 Å². The zero-order valence-corrected chi connectivity index (χ0v) is 14.3. The van der Waals surface area contributed by atoms with Crippen LogP contribution in [0.5, 0.6) is 0 Å². The van der Waals surface area contributed by atoms with Crippen molar-refractivity contribution < 1.29 is 14.3 Å². The standard InChI is InChI=1S/C18H34O3/c1-4-6-8-10-12-16(15-18(20)21-3)14-17(19)13-11-9-7-5-2/h16H,4-15H2,1-3H3/t16-/m1/s1. The summed E-state index contributed by atoms with van der Waals surface area (Å²) in [6, 6.07) is 0. The van der Waals surface area contributed by atoms with E-state index in [1.54, 1.807) is 0 Å². The summed E-state index contributed by atoms with van der Waals surface area (Å²) in [5.74, 6) is 0.303. The van der Waals surface area contributed by atoms with Gasteiger partial charge in [-0.25, -0.2) is 0 Å². The molecule has 0 bridgehead atoms. The summed E-state index contributed by atoms with van der Waals surface area (Å²) in [4.78, 5) is 23.5. The highest BCUT2D eigenvalue weighted by Gasteiger charge is 2.17. The molecule has 0 spiro atoms. The van der Waals surface area contributed by atoms with E-state index >= 15 is 0 Å². The first kappa shape index (κ1) is 20.1.